The molecule has 1 amide bonds. The van der Waals surface area contributed by atoms with Gasteiger partial charge < -0.3 is 24.6 Å². The summed E-state index contributed by atoms with van der Waals surface area (Å²) in [5.41, 5.74) is 2.59. The van der Waals surface area contributed by atoms with E-state index >= 15 is 0 Å². The molecule has 1 fully saturated rings. The molecule has 0 spiro atoms. The average molecular weight is 429 g/mol. The number of pyridine rings is 1. The molecule has 1 aromatic carbocycles. The second kappa shape index (κ2) is 9.66. The van der Waals surface area contributed by atoms with Gasteiger partial charge in [0.05, 0.1) is 26.4 Å². The summed E-state index contributed by atoms with van der Waals surface area (Å²) in [5, 5.41) is 12.9. The number of nitrogens with zero attached hydrogens (tertiary/aromatic N) is 1. The summed E-state index contributed by atoms with van der Waals surface area (Å²) in [7, 11) is 1.42. The van der Waals surface area contributed by atoms with Gasteiger partial charge in [0.1, 0.15) is 0 Å². The van der Waals surface area contributed by atoms with Crippen LogP contribution in [0, 0.1) is 5.92 Å². The number of hydrogen-bond acceptors (Lipinski definition) is 6. The highest BCUT2D eigenvalue weighted by Crippen LogP contribution is 2.28. The number of aromatic nitrogens is 1. The fourth-order valence-electron chi connectivity index (χ4n) is 3.56. The molecule has 7 nitrogen and oxygen atoms in total. The largest absolute Gasteiger partial charge is 0.503 e. The van der Waals surface area contributed by atoms with E-state index in [0.29, 0.717) is 13.2 Å². The maximum absolute atomic E-state index is 12.5. The molecule has 0 aliphatic carbocycles. The maximum Gasteiger partial charge on any atom is 0.274 e. The topological polar surface area (TPSA) is 89.9 Å². The highest BCUT2D eigenvalue weighted by Gasteiger charge is 2.29. The minimum Gasteiger partial charge on any atom is -0.503 e. The Morgan fingerprint density at radius 1 is 1.23 bits per heavy atom. The molecule has 1 aliphatic heterocycles. The van der Waals surface area contributed by atoms with Crippen molar-refractivity contribution in [3.63, 3.8) is 0 Å². The van der Waals surface area contributed by atoms with E-state index in [9.17, 15) is 9.90 Å². The first-order valence-corrected chi connectivity index (χ1v) is 10.5. The summed E-state index contributed by atoms with van der Waals surface area (Å²) >= 11 is 0. The lowest BCUT2D eigenvalue weighted by molar-refractivity contribution is -0.210. The Kier molecular flexibility index (Phi) is 7.18. The van der Waals surface area contributed by atoms with E-state index in [-0.39, 0.29) is 40.9 Å². The van der Waals surface area contributed by atoms with Gasteiger partial charge in [0.2, 0.25) is 0 Å². The van der Waals surface area contributed by atoms with Crippen molar-refractivity contribution in [2.24, 2.45) is 5.92 Å². The van der Waals surface area contributed by atoms with Crippen LogP contribution in [0.25, 0.3) is 0 Å². The van der Waals surface area contributed by atoms with Crippen LogP contribution < -0.4 is 10.1 Å². The minimum absolute atomic E-state index is 0.0893. The number of ether oxygens (including phenoxy) is 3. The van der Waals surface area contributed by atoms with E-state index in [0.717, 1.165) is 6.42 Å². The molecule has 0 bridgehead atoms. The van der Waals surface area contributed by atoms with Crippen LogP contribution in [0.3, 0.4) is 0 Å². The number of benzene rings is 1. The summed E-state index contributed by atoms with van der Waals surface area (Å²) in [6.45, 7) is 9.36. The number of rotatable bonds is 6. The highest BCUT2D eigenvalue weighted by molar-refractivity contribution is 5.95. The molecular weight excluding hydrogens is 396 g/mol. The Morgan fingerprint density at radius 2 is 1.87 bits per heavy atom. The Labute approximate surface area is 183 Å². The zero-order valence-electron chi connectivity index (χ0n) is 18.8. The van der Waals surface area contributed by atoms with Crippen molar-refractivity contribution >= 4 is 5.91 Å². The average Bonchev–Trinajstić information content (AvgIpc) is 2.74. The third-order valence-corrected chi connectivity index (χ3v) is 5.42. The van der Waals surface area contributed by atoms with Crippen LogP contribution in [-0.2, 0) is 21.3 Å². The first-order chi connectivity index (χ1) is 14.7. The molecule has 0 radical (unpaired) electrons. The molecule has 7 heteroatoms. The van der Waals surface area contributed by atoms with Gasteiger partial charge in [-0.15, -0.1) is 0 Å². The number of hydrogen-bond donors (Lipinski definition) is 2. The molecule has 1 saturated heterocycles. The maximum atomic E-state index is 12.5. The number of amides is 1. The van der Waals surface area contributed by atoms with Crippen molar-refractivity contribution in [3.05, 3.63) is 53.3 Å². The van der Waals surface area contributed by atoms with Crippen LogP contribution in [0.2, 0.25) is 0 Å². The molecule has 168 valence electrons. The van der Waals surface area contributed by atoms with Crippen LogP contribution in [-0.4, -0.2) is 48.7 Å². The van der Waals surface area contributed by atoms with Crippen molar-refractivity contribution in [3.8, 4) is 11.5 Å². The van der Waals surface area contributed by atoms with E-state index in [1.165, 1.54) is 30.5 Å². The van der Waals surface area contributed by atoms with E-state index in [2.05, 4.69) is 62.3 Å². The first-order valence-electron chi connectivity index (χ1n) is 10.5. The molecule has 2 N–H and O–H groups in total. The second-order valence-corrected chi connectivity index (χ2v) is 9.04. The number of carbonyl (C=O) groups excluding carboxylic acids is 1. The molecule has 1 aliphatic rings. The number of nitrogens with one attached hydrogen (secondary N) is 1. The van der Waals surface area contributed by atoms with Crippen molar-refractivity contribution in [2.75, 3.05) is 20.3 Å². The van der Waals surface area contributed by atoms with Gasteiger partial charge in [-0.2, -0.15) is 0 Å². The molecule has 1 aromatic heterocycles. The van der Waals surface area contributed by atoms with Gasteiger partial charge in [0.15, 0.2) is 23.5 Å². The fourth-order valence-corrected chi connectivity index (χ4v) is 3.56. The van der Waals surface area contributed by atoms with Gasteiger partial charge >= 0.3 is 0 Å². The van der Waals surface area contributed by atoms with Crippen molar-refractivity contribution in [1.29, 1.82) is 0 Å². The molecule has 2 heterocycles. The molecule has 1 unspecified atom stereocenters. The molecular formula is C24H32N2O5. The van der Waals surface area contributed by atoms with Crippen LogP contribution >= 0.6 is 0 Å². The van der Waals surface area contributed by atoms with Crippen molar-refractivity contribution in [2.45, 2.75) is 51.9 Å². The lowest BCUT2D eigenvalue weighted by Crippen LogP contribution is -2.48. The summed E-state index contributed by atoms with van der Waals surface area (Å²) in [5.74, 6) is -0.426. The van der Waals surface area contributed by atoms with E-state index < -0.39 is 5.91 Å². The Hall–Kier alpha value is -2.64. The molecule has 1 atom stereocenters. The smallest absolute Gasteiger partial charge is 0.274 e. The third-order valence-electron chi connectivity index (χ3n) is 5.42. The van der Waals surface area contributed by atoms with Crippen LogP contribution in [0.5, 0.6) is 11.5 Å². The summed E-state index contributed by atoms with van der Waals surface area (Å²) < 4.78 is 16.8. The van der Waals surface area contributed by atoms with Crippen LogP contribution in [0.4, 0.5) is 0 Å². The van der Waals surface area contributed by atoms with E-state index in [4.69, 9.17) is 14.2 Å². The predicted octanol–water partition coefficient (Wildman–Crippen LogP) is 3.44. The lowest BCUT2D eigenvalue weighted by Gasteiger charge is -2.33. The third kappa shape index (κ3) is 5.74. The Morgan fingerprint density at radius 3 is 2.45 bits per heavy atom. The lowest BCUT2D eigenvalue weighted by atomic mass is 9.86. The highest BCUT2D eigenvalue weighted by atomic mass is 16.7. The fraction of sp³-hybridized carbons (Fsp3) is 0.500. The van der Waals surface area contributed by atoms with Gasteiger partial charge in [0, 0.05) is 18.2 Å². The quantitative estimate of drug-likeness (QED) is 0.733. The van der Waals surface area contributed by atoms with Gasteiger partial charge in [-0.1, -0.05) is 52.0 Å². The Bertz CT molecular complexity index is 884. The number of aromatic hydroxyl groups is 1. The van der Waals surface area contributed by atoms with E-state index in [1.807, 2.05) is 0 Å². The normalized spacial score (nSPS) is 20.2. The second-order valence-electron chi connectivity index (χ2n) is 9.04. The zero-order valence-corrected chi connectivity index (χ0v) is 18.8. The molecule has 31 heavy (non-hydrogen) atoms. The first kappa shape index (κ1) is 23.0. The molecule has 0 saturated carbocycles. The SMILES string of the molecule is COc1ccnc(C(=O)N[C@H]2CO[C@@H](C(C)Cc3ccc(C(C)(C)C)cc3)OC2)c1O. The number of methoxy groups -OCH3 is 1. The van der Waals surface area contributed by atoms with Crippen molar-refractivity contribution < 1.29 is 24.1 Å². The summed E-state index contributed by atoms with van der Waals surface area (Å²) in [6, 6.07) is 9.85. The van der Waals surface area contributed by atoms with Crippen LogP contribution in [0.1, 0.15) is 49.3 Å². The Balaban J connectivity index is 1.50. The van der Waals surface area contributed by atoms with Gasteiger partial charge in [-0.05, 0) is 23.0 Å². The number of carbonyl (C=O) groups is 1. The van der Waals surface area contributed by atoms with Crippen molar-refractivity contribution in [1.82, 2.24) is 10.3 Å². The zero-order chi connectivity index (χ0) is 22.6. The van der Waals surface area contributed by atoms with Crippen LogP contribution in [0.15, 0.2) is 36.5 Å². The van der Waals surface area contributed by atoms with E-state index in [1.54, 1.807) is 0 Å². The molecule has 2 aromatic rings. The summed E-state index contributed by atoms with van der Waals surface area (Å²) in [4.78, 5) is 16.4. The predicted molar refractivity (Wildman–Crippen MR) is 117 cm³/mol. The molecule has 3 rings (SSSR count). The van der Waals surface area contributed by atoms with Gasteiger partial charge in [0.25, 0.3) is 5.91 Å². The standard InChI is InChI=1S/C24H32N2O5/c1-15(12-16-6-8-17(9-7-16)24(2,3)4)23-30-13-18(14-31-23)26-22(28)20-21(27)19(29-5)10-11-25-20/h6-11,15,18,23,27H,12-14H2,1-5H3,(H,26,28)/t15?,18-,23+. The monoisotopic (exact) mass is 428 g/mol. The van der Waals surface area contributed by atoms with Gasteiger partial charge in [-0.3, -0.25) is 4.79 Å². The minimum atomic E-state index is -0.501. The van der Waals surface area contributed by atoms with Gasteiger partial charge in [-0.25, -0.2) is 4.98 Å². The summed E-state index contributed by atoms with van der Waals surface area (Å²) in [6.07, 6.45) is 1.92.